The fourth-order valence-corrected chi connectivity index (χ4v) is 3.21. The van der Waals surface area contributed by atoms with E-state index >= 15 is 0 Å². The summed E-state index contributed by atoms with van der Waals surface area (Å²) in [6.45, 7) is 1.94. The molecule has 0 atom stereocenters. The lowest BCUT2D eigenvalue weighted by Crippen LogP contribution is -2.53. The molecule has 30 heavy (non-hydrogen) atoms. The van der Waals surface area contributed by atoms with Crippen molar-refractivity contribution < 1.29 is 9.59 Å². The van der Waals surface area contributed by atoms with Gasteiger partial charge >= 0.3 is 0 Å². The predicted octanol–water partition coefficient (Wildman–Crippen LogP) is 4.62. The Balaban J connectivity index is 1.80. The van der Waals surface area contributed by atoms with Crippen molar-refractivity contribution in [1.29, 1.82) is 0 Å². The third-order valence-corrected chi connectivity index (χ3v) is 4.96. The summed E-state index contributed by atoms with van der Waals surface area (Å²) in [6, 6.07) is 23.6. The van der Waals surface area contributed by atoms with Gasteiger partial charge in [0.1, 0.15) is 5.70 Å². The van der Waals surface area contributed by atoms with E-state index in [1.165, 1.54) is 5.01 Å². The predicted molar refractivity (Wildman–Crippen MR) is 118 cm³/mol. The SMILES string of the molecule is Cc1ccc(C(=O)N2NC(=O)/C(=C\c3ccccc3Cl)N=C2c2ccccc2)cc1. The summed E-state index contributed by atoms with van der Waals surface area (Å²) < 4.78 is 0. The molecule has 4 rings (SSSR count). The number of hydrogen-bond acceptors (Lipinski definition) is 3. The molecule has 0 aliphatic carbocycles. The average molecular weight is 416 g/mol. The number of aryl methyl sites for hydroxylation is 1. The second-order valence-electron chi connectivity index (χ2n) is 6.80. The molecular weight excluding hydrogens is 398 g/mol. The van der Waals surface area contributed by atoms with Crippen LogP contribution in [0.5, 0.6) is 0 Å². The van der Waals surface area contributed by atoms with Crippen molar-refractivity contribution in [3.63, 3.8) is 0 Å². The molecule has 0 saturated heterocycles. The summed E-state index contributed by atoms with van der Waals surface area (Å²) >= 11 is 6.23. The highest BCUT2D eigenvalue weighted by molar-refractivity contribution is 6.32. The molecule has 5 nitrogen and oxygen atoms in total. The molecule has 0 radical (unpaired) electrons. The number of aliphatic imine (C=N–C) groups is 1. The van der Waals surface area contributed by atoms with Crippen LogP contribution in [0.4, 0.5) is 0 Å². The van der Waals surface area contributed by atoms with Crippen molar-refractivity contribution in [2.75, 3.05) is 0 Å². The molecule has 0 fully saturated rings. The highest BCUT2D eigenvalue weighted by Crippen LogP contribution is 2.22. The number of hydrogen-bond donors (Lipinski definition) is 1. The Bertz CT molecular complexity index is 1170. The van der Waals surface area contributed by atoms with Gasteiger partial charge in [0.05, 0.1) is 0 Å². The Kier molecular flexibility index (Phi) is 5.46. The number of benzene rings is 3. The van der Waals surface area contributed by atoms with Crippen LogP contribution in [0.15, 0.2) is 89.6 Å². The van der Waals surface area contributed by atoms with E-state index in [1.54, 1.807) is 30.3 Å². The number of nitrogens with one attached hydrogen (secondary N) is 1. The van der Waals surface area contributed by atoms with Crippen LogP contribution in [0.3, 0.4) is 0 Å². The van der Waals surface area contributed by atoms with Gasteiger partial charge in [-0.15, -0.1) is 0 Å². The molecule has 6 heteroatoms. The van der Waals surface area contributed by atoms with Crippen molar-refractivity contribution in [3.05, 3.63) is 112 Å². The van der Waals surface area contributed by atoms with Gasteiger partial charge in [-0.25, -0.2) is 4.99 Å². The van der Waals surface area contributed by atoms with E-state index in [-0.39, 0.29) is 11.6 Å². The van der Waals surface area contributed by atoms with E-state index in [0.717, 1.165) is 5.56 Å². The molecule has 1 heterocycles. The minimum atomic E-state index is -0.491. The van der Waals surface area contributed by atoms with Crippen LogP contribution in [0.1, 0.15) is 27.0 Å². The number of amidine groups is 1. The maximum absolute atomic E-state index is 13.1. The monoisotopic (exact) mass is 415 g/mol. The Hall–Kier alpha value is -3.70. The minimum absolute atomic E-state index is 0.162. The lowest BCUT2D eigenvalue weighted by atomic mass is 10.1. The van der Waals surface area contributed by atoms with E-state index in [2.05, 4.69) is 10.4 Å². The van der Waals surface area contributed by atoms with Gasteiger partial charge in [0.2, 0.25) is 0 Å². The van der Waals surface area contributed by atoms with Gasteiger partial charge in [-0.05, 0) is 36.8 Å². The lowest BCUT2D eigenvalue weighted by molar-refractivity contribution is -0.120. The van der Waals surface area contributed by atoms with Crippen LogP contribution in [-0.2, 0) is 4.79 Å². The zero-order valence-electron chi connectivity index (χ0n) is 16.2. The van der Waals surface area contributed by atoms with Crippen molar-refractivity contribution in [2.24, 2.45) is 4.99 Å². The first-order chi connectivity index (χ1) is 14.5. The van der Waals surface area contributed by atoms with Gasteiger partial charge in [-0.2, -0.15) is 5.01 Å². The third-order valence-electron chi connectivity index (χ3n) is 4.62. The summed E-state index contributed by atoms with van der Waals surface area (Å²) in [6.07, 6.45) is 1.61. The minimum Gasteiger partial charge on any atom is -0.267 e. The van der Waals surface area contributed by atoms with Gasteiger partial charge < -0.3 is 0 Å². The number of hydrazine groups is 1. The molecule has 2 amide bonds. The normalized spacial score (nSPS) is 15.0. The molecule has 0 spiro atoms. The molecule has 0 aromatic heterocycles. The molecule has 0 saturated carbocycles. The van der Waals surface area contributed by atoms with Crippen LogP contribution in [0, 0.1) is 6.92 Å². The molecule has 1 N–H and O–H groups in total. The van der Waals surface area contributed by atoms with Crippen molar-refractivity contribution in [1.82, 2.24) is 10.4 Å². The van der Waals surface area contributed by atoms with E-state index in [0.29, 0.717) is 27.5 Å². The number of rotatable bonds is 3. The largest absolute Gasteiger partial charge is 0.288 e. The van der Waals surface area contributed by atoms with Crippen LogP contribution in [0.25, 0.3) is 6.08 Å². The topological polar surface area (TPSA) is 61.8 Å². The second kappa shape index (κ2) is 8.35. The summed E-state index contributed by atoms with van der Waals surface area (Å²) in [4.78, 5) is 30.4. The quantitative estimate of drug-likeness (QED) is 0.634. The Labute approximate surface area is 179 Å². The van der Waals surface area contributed by atoms with Crippen molar-refractivity contribution in [2.45, 2.75) is 6.92 Å². The molecule has 0 bridgehead atoms. The standard InChI is InChI=1S/C24H18ClN3O2/c1-16-11-13-18(14-12-16)24(30)28-22(17-7-3-2-4-8-17)26-21(23(29)27-28)15-19-9-5-6-10-20(19)25/h2-15H,1H3,(H,27,29)/b21-15+. The van der Waals surface area contributed by atoms with Gasteiger partial charge in [0.15, 0.2) is 5.84 Å². The van der Waals surface area contributed by atoms with E-state index in [4.69, 9.17) is 11.6 Å². The van der Waals surface area contributed by atoms with E-state index in [1.807, 2.05) is 61.5 Å². The van der Waals surface area contributed by atoms with Gasteiger partial charge in [0.25, 0.3) is 11.8 Å². The number of nitrogens with zero attached hydrogens (tertiary/aromatic N) is 2. The molecule has 0 unspecified atom stereocenters. The van der Waals surface area contributed by atoms with Crippen LogP contribution < -0.4 is 5.43 Å². The van der Waals surface area contributed by atoms with Crippen LogP contribution in [0.2, 0.25) is 5.02 Å². The maximum atomic E-state index is 13.1. The molecule has 1 aliphatic rings. The smallest absolute Gasteiger partial charge is 0.267 e. The summed E-state index contributed by atoms with van der Waals surface area (Å²) in [7, 11) is 0. The number of carbonyl (C=O) groups excluding carboxylic acids is 2. The van der Waals surface area contributed by atoms with Crippen LogP contribution in [-0.4, -0.2) is 22.7 Å². The average Bonchev–Trinajstić information content (AvgIpc) is 2.77. The highest BCUT2D eigenvalue weighted by Gasteiger charge is 2.30. The Morgan fingerprint density at radius 3 is 2.33 bits per heavy atom. The zero-order valence-corrected chi connectivity index (χ0v) is 16.9. The highest BCUT2D eigenvalue weighted by atomic mass is 35.5. The number of amides is 2. The van der Waals surface area contributed by atoms with Crippen LogP contribution >= 0.6 is 11.6 Å². The summed E-state index contributed by atoms with van der Waals surface area (Å²) in [5, 5.41) is 1.69. The maximum Gasteiger partial charge on any atom is 0.288 e. The summed E-state index contributed by atoms with van der Waals surface area (Å²) in [5.41, 5.74) is 5.68. The molecule has 148 valence electrons. The lowest BCUT2D eigenvalue weighted by Gasteiger charge is -2.29. The van der Waals surface area contributed by atoms with Gasteiger partial charge in [-0.3, -0.25) is 15.0 Å². The van der Waals surface area contributed by atoms with Gasteiger partial charge in [0, 0.05) is 16.1 Å². The van der Waals surface area contributed by atoms with Gasteiger partial charge in [-0.1, -0.05) is 77.8 Å². The molecule has 3 aromatic carbocycles. The second-order valence-corrected chi connectivity index (χ2v) is 7.21. The molecular formula is C24H18ClN3O2. The third kappa shape index (κ3) is 4.02. The fraction of sp³-hybridized carbons (Fsp3) is 0.0417. The first-order valence-electron chi connectivity index (χ1n) is 9.35. The Morgan fingerprint density at radius 2 is 1.63 bits per heavy atom. The van der Waals surface area contributed by atoms with E-state index in [9.17, 15) is 9.59 Å². The fourth-order valence-electron chi connectivity index (χ4n) is 3.02. The first-order valence-corrected chi connectivity index (χ1v) is 9.73. The van der Waals surface area contributed by atoms with Crippen molar-refractivity contribution in [3.8, 4) is 0 Å². The molecule has 3 aromatic rings. The van der Waals surface area contributed by atoms with Crippen molar-refractivity contribution >= 4 is 35.3 Å². The number of halogens is 1. The molecule has 1 aliphatic heterocycles. The number of carbonyl (C=O) groups is 2. The Morgan fingerprint density at radius 1 is 0.967 bits per heavy atom. The zero-order chi connectivity index (χ0) is 21.1. The van der Waals surface area contributed by atoms with E-state index < -0.39 is 5.91 Å². The summed E-state index contributed by atoms with van der Waals surface area (Å²) in [5.74, 6) is -0.531. The first kappa shape index (κ1) is 19.6.